The molecule has 0 saturated heterocycles. The van der Waals surface area contributed by atoms with Crippen LogP contribution >= 0.6 is 0 Å². The molecule has 22 heavy (non-hydrogen) atoms. The van der Waals surface area contributed by atoms with Gasteiger partial charge in [-0.1, -0.05) is 0 Å². The summed E-state index contributed by atoms with van der Waals surface area (Å²) >= 11 is 0. The highest BCUT2D eigenvalue weighted by atomic mass is 16.6. The molecular weight excluding hydrogens is 284 g/mol. The molecule has 2 aliphatic heterocycles. The molecule has 0 saturated carbocycles. The zero-order valence-electron chi connectivity index (χ0n) is 12.0. The van der Waals surface area contributed by atoms with Gasteiger partial charge >= 0.3 is 0 Å². The fourth-order valence-electron chi connectivity index (χ4n) is 2.61. The summed E-state index contributed by atoms with van der Waals surface area (Å²) in [6.07, 6.45) is 1.56. The molecule has 3 heterocycles. The fraction of sp³-hybridized carbons (Fsp3) is 0.267. The minimum absolute atomic E-state index is 0.102. The van der Waals surface area contributed by atoms with Gasteiger partial charge in [-0.15, -0.1) is 0 Å². The number of fused-ring (bicyclic) bond motifs is 2. The maximum Gasteiger partial charge on any atom is 0.262 e. The van der Waals surface area contributed by atoms with Gasteiger partial charge in [-0.3, -0.25) is 4.79 Å². The van der Waals surface area contributed by atoms with E-state index < -0.39 is 0 Å². The number of amides is 1. The highest BCUT2D eigenvalue weighted by molar-refractivity contribution is 6.09. The number of nitrogens with one attached hydrogen (secondary N) is 1. The third-order valence-corrected chi connectivity index (χ3v) is 3.71. The van der Waals surface area contributed by atoms with Crippen molar-refractivity contribution in [3.05, 3.63) is 35.7 Å². The Morgan fingerprint density at radius 2 is 2.05 bits per heavy atom. The van der Waals surface area contributed by atoms with Crippen molar-refractivity contribution in [2.75, 3.05) is 30.5 Å². The molecule has 4 rings (SSSR count). The lowest BCUT2D eigenvalue weighted by Crippen LogP contribution is -2.23. The molecule has 1 amide bonds. The van der Waals surface area contributed by atoms with Crippen LogP contribution in [0.15, 0.2) is 24.4 Å². The van der Waals surface area contributed by atoms with E-state index in [0.717, 1.165) is 11.4 Å². The molecule has 1 N–H and O–H groups in total. The van der Waals surface area contributed by atoms with Crippen molar-refractivity contribution >= 4 is 17.5 Å². The molecular formula is C15H14N4O3. The van der Waals surface area contributed by atoms with Crippen molar-refractivity contribution < 1.29 is 14.3 Å². The second kappa shape index (κ2) is 4.87. The van der Waals surface area contributed by atoms with E-state index in [9.17, 15) is 4.79 Å². The van der Waals surface area contributed by atoms with Gasteiger partial charge in [-0.25, -0.2) is 9.97 Å². The van der Waals surface area contributed by atoms with Crippen molar-refractivity contribution in [2.45, 2.75) is 6.54 Å². The molecule has 0 bridgehead atoms. The number of aromatic nitrogens is 2. The van der Waals surface area contributed by atoms with Crippen LogP contribution in [0.5, 0.6) is 11.5 Å². The summed E-state index contributed by atoms with van der Waals surface area (Å²) in [7, 11) is 1.75. The van der Waals surface area contributed by atoms with Gasteiger partial charge in [0.05, 0.1) is 17.8 Å². The molecule has 0 unspecified atom stereocenters. The highest BCUT2D eigenvalue weighted by Crippen LogP contribution is 2.36. The second-order valence-corrected chi connectivity index (χ2v) is 5.02. The maximum atomic E-state index is 12.5. The van der Waals surface area contributed by atoms with E-state index >= 15 is 0 Å². The quantitative estimate of drug-likeness (QED) is 0.904. The molecule has 0 spiro atoms. The van der Waals surface area contributed by atoms with Crippen LogP contribution in [0.4, 0.5) is 11.6 Å². The fourth-order valence-corrected chi connectivity index (χ4v) is 2.61. The standard InChI is InChI=1S/C15H14N4O3/c1-16-15-17-7-10-11(18-15)8-19(14(10)20)9-2-3-12-13(6-9)22-5-4-21-12/h2-3,6-7H,4-5,8H2,1H3,(H,16,17,18). The van der Waals surface area contributed by atoms with E-state index in [1.807, 2.05) is 18.2 Å². The molecule has 0 radical (unpaired) electrons. The Bertz CT molecular complexity index is 762. The third-order valence-electron chi connectivity index (χ3n) is 3.71. The van der Waals surface area contributed by atoms with E-state index in [2.05, 4.69) is 15.3 Å². The summed E-state index contributed by atoms with van der Waals surface area (Å²) in [5, 5.41) is 2.88. The van der Waals surface area contributed by atoms with Crippen molar-refractivity contribution in [1.82, 2.24) is 9.97 Å². The topological polar surface area (TPSA) is 76.6 Å². The largest absolute Gasteiger partial charge is 0.486 e. The van der Waals surface area contributed by atoms with E-state index in [1.54, 1.807) is 18.1 Å². The summed E-state index contributed by atoms with van der Waals surface area (Å²) in [4.78, 5) is 22.6. The average molecular weight is 298 g/mol. The summed E-state index contributed by atoms with van der Waals surface area (Å²) in [6.45, 7) is 1.48. The van der Waals surface area contributed by atoms with Gasteiger partial charge in [0.2, 0.25) is 5.95 Å². The van der Waals surface area contributed by atoms with E-state index in [0.29, 0.717) is 42.8 Å². The Morgan fingerprint density at radius 1 is 1.23 bits per heavy atom. The normalized spacial score (nSPS) is 15.7. The smallest absolute Gasteiger partial charge is 0.262 e. The number of ether oxygens (including phenoxy) is 2. The van der Waals surface area contributed by atoms with Crippen molar-refractivity contribution in [2.24, 2.45) is 0 Å². The predicted molar refractivity (Wildman–Crippen MR) is 79.5 cm³/mol. The van der Waals surface area contributed by atoms with Crippen LogP contribution < -0.4 is 19.7 Å². The van der Waals surface area contributed by atoms with Crippen LogP contribution in [0.2, 0.25) is 0 Å². The van der Waals surface area contributed by atoms with Crippen LogP contribution in [-0.2, 0) is 6.54 Å². The second-order valence-electron chi connectivity index (χ2n) is 5.02. The number of rotatable bonds is 2. The lowest BCUT2D eigenvalue weighted by atomic mass is 10.2. The van der Waals surface area contributed by atoms with Crippen molar-refractivity contribution in [1.29, 1.82) is 0 Å². The van der Waals surface area contributed by atoms with Gasteiger partial charge in [-0.2, -0.15) is 0 Å². The number of hydrogen-bond acceptors (Lipinski definition) is 6. The number of carbonyl (C=O) groups is 1. The first kappa shape index (κ1) is 12.9. The van der Waals surface area contributed by atoms with Crippen LogP contribution in [0, 0.1) is 0 Å². The van der Waals surface area contributed by atoms with Gasteiger partial charge in [-0.05, 0) is 12.1 Å². The molecule has 0 fully saturated rings. The zero-order chi connectivity index (χ0) is 15.1. The van der Waals surface area contributed by atoms with Gasteiger partial charge < -0.3 is 19.7 Å². The summed E-state index contributed by atoms with van der Waals surface area (Å²) < 4.78 is 11.1. The Morgan fingerprint density at radius 3 is 2.86 bits per heavy atom. The molecule has 1 aromatic carbocycles. The first-order valence-corrected chi connectivity index (χ1v) is 7.01. The number of anilines is 2. The van der Waals surface area contributed by atoms with Gasteiger partial charge in [0.1, 0.15) is 13.2 Å². The van der Waals surface area contributed by atoms with Gasteiger partial charge in [0.25, 0.3) is 5.91 Å². The lowest BCUT2D eigenvalue weighted by molar-refractivity contribution is 0.0996. The first-order chi connectivity index (χ1) is 10.8. The lowest BCUT2D eigenvalue weighted by Gasteiger charge is -2.21. The SMILES string of the molecule is CNc1ncc2c(n1)CN(c1ccc3c(c1)OCCO3)C2=O. The van der Waals surface area contributed by atoms with Gasteiger partial charge in [0.15, 0.2) is 11.5 Å². The van der Waals surface area contributed by atoms with E-state index in [1.165, 1.54) is 0 Å². The van der Waals surface area contributed by atoms with Crippen LogP contribution in [0.1, 0.15) is 16.1 Å². The van der Waals surface area contributed by atoms with Crippen LogP contribution in [-0.4, -0.2) is 36.1 Å². The van der Waals surface area contributed by atoms with Crippen molar-refractivity contribution in [3.8, 4) is 11.5 Å². The third kappa shape index (κ3) is 1.93. The van der Waals surface area contributed by atoms with Crippen molar-refractivity contribution in [3.63, 3.8) is 0 Å². The highest BCUT2D eigenvalue weighted by Gasteiger charge is 2.31. The molecule has 112 valence electrons. The van der Waals surface area contributed by atoms with E-state index in [4.69, 9.17) is 9.47 Å². The number of nitrogens with zero attached hydrogens (tertiary/aromatic N) is 3. The predicted octanol–water partition coefficient (Wildman–Crippen LogP) is 1.45. The monoisotopic (exact) mass is 298 g/mol. The maximum absolute atomic E-state index is 12.5. The minimum atomic E-state index is -0.102. The molecule has 7 heteroatoms. The van der Waals surface area contributed by atoms with E-state index in [-0.39, 0.29) is 5.91 Å². The number of carbonyl (C=O) groups excluding carboxylic acids is 1. The summed E-state index contributed by atoms with van der Waals surface area (Å²) in [5.41, 5.74) is 2.02. The minimum Gasteiger partial charge on any atom is -0.486 e. The Hall–Kier alpha value is -2.83. The zero-order valence-corrected chi connectivity index (χ0v) is 12.0. The van der Waals surface area contributed by atoms with Crippen LogP contribution in [0.25, 0.3) is 0 Å². The molecule has 0 atom stereocenters. The number of hydrogen-bond donors (Lipinski definition) is 1. The summed E-state index contributed by atoms with van der Waals surface area (Å²) in [6, 6.07) is 5.50. The van der Waals surface area contributed by atoms with Gasteiger partial charge in [0, 0.05) is 25.0 Å². The number of benzene rings is 1. The molecule has 7 nitrogen and oxygen atoms in total. The summed E-state index contributed by atoms with van der Waals surface area (Å²) in [5.74, 6) is 1.77. The molecule has 0 aliphatic carbocycles. The van der Waals surface area contributed by atoms with Crippen LogP contribution in [0.3, 0.4) is 0 Å². The molecule has 1 aromatic heterocycles. The Labute approximate surface area is 126 Å². The average Bonchev–Trinajstić information content (AvgIpc) is 2.90. The Balaban J connectivity index is 1.68. The molecule has 2 aromatic rings. The molecule has 2 aliphatic rings. The first-order valence-electron chi connectivity index (χ1n) is 7.01. The Kier molecular flexibility index (Phi) is 2.85.